The average molecular weight is 358 g/mol. The molecule has 0 saturated carbocycles. The Hall–Kier alpha value is -0.280. The molecule has 0 aromatic carbocycles. The minimum absolute atomic E-state index is 0.420. The van der Waals surface area contributed by atoms with Crippen LogP contribution in [0.2, 0.25) is 0 Å². The second-order valence-electron chi connectivity index (χ2n) is 7.09. The van der Waals surface area contributed by atoms with Crippen LogP contribution < -0.4 is 5.73 Å². The molecule has 0 spiro atoms. The van der Waals surface area contributed by atoms with Gasteiger partial charge < -0.3 is 20.1 Å². The van der Waals surface area contributed by atoms with E-state index in [1.165, 1.54) is 39.1 Å². The molecule has 0 aromatic rings. The van der Waals surface area contributed by atoms with Gasteiger partial charge >= 0.3 is 0 Å². The predicted octanol–water partition coefficient (Wildman–Crippen LogP) is -0.419. The standard InChI is InChI=1S/C18H39N5O2/c1-2-4-20-6-10-22(11-7-20)14-16-24-18-25-17-15-23-12-8-21(5-3-19)9-13-23/h2-19H2,1H3. The van der Waals surface area contributed by atoms with Crippen LogP contribution in [0.15, 0.2) is 0 Å². The van der Waals surface area contributed by atoms with Crippen LogP contribution in [0.4, 0.5) is 0 Å². The molecule has 2 heterocycles. The van der Waals surface area contributed by atoms with Crippen molar-refractivity contribution in [3.8, 4) is 0 Å². The zero-order chi connectivity index (χ0) is 17.7. The summed E-state index contributed by atoms with van der Waals surface area (Å²) in [4.78, 5) is 9.94. The summed E-state index contributed by atoms with van der Waals surface area (Å²) in [5, 5.41) is 0. The summed E-state index contributed by atoms with van der Waals surface area (Å²) in [6.45, 7) is 18.4. The number of piperazine rings is 2. The molecule has 0 radical (unpaired) electrons. The number of hydrogen-bond acceptors (Lipinski definition) is 7. The largest absolute Gasteiger partial charge is 0.354 e. The molecule has 0 atom stereocenters. The number of nitrogens with two attached hydrogens (primary N) is 1. The Morgan fingerprint density at radius 1 is 0.640 bits per heavy atom. The first-order valence-electron chi connectivity index (χ1n) is 10.1. The van der Waals surface area contributed by atoms with Gasteiger partial charge in [0.05, 0.1) is 13.2 Å². The monoisotopic (exact) mass is 357 g/mol. The number of ether oxygens (including phenoxy) is 2. The van der Waals surface area contributed by atoms with Crippen LogP contribution in [-0.4, -0.2) is 125 Å². The van der Waals surface area contributed by atoms with Crippen molar-refractivity contribution in [3.05, 3.63) is 0 Å². The topological polar surface area (TPSA) is 57.4 Å². The van der Waals surface area contributed by atoms with Crippen molar-refractivity contribution < 1.29 is 9.47 Å². The van der Waals surface area contributed by atoms with E-state index in [9.17, 15) is 0 Å². The first-order valence-corrected chi connectivity index (χ1v) is 10.1. The van der Waals surface area contributed by atoms with Gasteiger partial charge in [0.2, 0.25) is 0 Å². The molecule has 0 aromatic heterocycles. The van der Waals surface area contributed by atoms with E-state index in [2.05, 4.69) is 26.5 Å². The summed E-state index contributed by atoms with van der Waals surface area (Å²) in [6, 6.07) is 0. The molecule has 148 valence electrons. The third kappa shape index (κ3) is 8.77. The molecule has 2 fully saturated rings. The zero-order valence-corrected chi connectivity index (χ0v) is 16.2. The third-order valence-corrected chi connectivity index (χ3v) is 5.19. The Morgan fingerprint density at radius 2 is 1.04 bits per heavy atom. The molecule has 0 amide bonds. The SMILES string of the molecule is CCCN1CCN(CCOCOCCN2CCN(CCN)CC2)CC1. The first-order chi connectivity index (χ1) is 12.3. The van der Waals surface area contributed by atoms with Crippen LogP contribution in [0.1, 0.15) is 13.3 Å². The van der Waals surface area contributed by atoms with Crippen molar-refractivity contribution >= 4 is 0 Å². The molecule has 25 heavy (non-hydrogen) atoms. The van der Waals surface area contributed by atoms with Gasteiger partial charge in [-0.3, -0.25) is 14.7 Å². The highest BCUT2D eigenvalue weighted by Crippen LogP contribution is 2.02. The molecule has 0 bridgehead atoms. The van der Waals surface area contributed by atoms with Gasteiger partial charge in [-0.2, -0.15) is 0 Å². The van der Waals surface area contributed by atoms with Crippen molar-refractivity contribution in [1.29, 1.82) is 0 Å². The first kappa shape index (κ1) is 21.0. The fourth-order valence-corrected chi connectivity index (χ4v) is 3.54. The van der Waals surface area contributed by atoms with Crippen LogP contribution in [-0.2, 0) is 9.47 Å². The Kier molecular flexibility index (Phi) is 10.9. The van der Waals surface area contributed by atoms with E-state index in [0.29, 0.717) is 6.79 Å². The van der Waals surface area contributed by atoms with Crippen molar-refractivity contribution in [2.45, 2.75) is 13.3 Å². The summed E-state index contributed by atoms with van der Waals surface area (Å²) in [5.41, 5.74) is 5.60. The van der Waals surface area contributed by atoms with E-state index < -0.39 is 0 Å². The van der Waals surface area contributed by atoms with Gasteiger partial charge in [-0.15, -0.1) is 0 Å². The Bertz CT molecular complexity index is 289. The van der Waals surface area contributed by atoms with Crippen molar-refractivity contribution in [3.63, 3.8) is 0 Å². The molecule has 2 saturated heterocycles. The molecule has 2 rings (SSSR count). The molecular weight excluding hydrogens is 318 g/mol. The minimum atomic E-state index is 0.420. The lowest BCUT2D eigenvalue weighted by Gasteiger charge is -2.34. The molecule has 2 N–H and O–H groups in total. The lowest BCUT2D eigenvalue weighted by Crippen LogP contribution is -2.48. The Balaban J connectivity index is 1.37. The maximum absolute atomic E-state index is 5.63. The van der Waals surface area contributed by atoms with E-state index in [-0.39, 0.29) is 0 Å². The fourth-order valence-electron chi connectivity index (χ4n) is 3.54. The second kappa shape index (κ2) is 13.0. The predicted molar refractivity (Wildman–Crippen MR) is 102 cm³/mol. The van der Waals surface area contributed by atoms with Gasteiger partial charge in [-0.25, -0.2) is 0 Å². The molecule has 2 aliphatic heterocycles. The molecule has 2 aliphatic rings. The number of rotatable bonds is 12. The average Bonchev–Trinajstić information content (AvgIpc) is 2.64. The molecular formula is C18H39N5O2. The molecule has 7 nitrogen and oxygen atoms in total. The summed E-state index contributed by atoms with van der Waals surface area (Å²) in [7, 11) is 0. The van der Waals surface area contributed by atoms with Crippen LogP contribution in [0.25, 0.3) is 0 Å². The van der Waals surface area contributed by atoms with Crippen LogP contribution in [0.5, 0.6) is 0 Å². The molecule has 0 aliphatic carbocycles. The maximum Gasteiger partial charge on any atom is 0.146 e. The van der Waals surface area contributed by atoms with Crippen molar-refractivity contribution in [2.24, 2.45) is 5.73 Å². The smallest absolute Gasteiger partial charge is 0.146 e. The van der Waals surface area contributed by atoms with E-state index in [1.54, 1.807) is 0 Å². The lowest BCUT2D eigenvalue weighted by atomic mass is 10.3. The summed E-state index contributed by atoms with van der Waals surface area (Å²) in [6.07, 6.45) is 1.25. The summed E-state index contributed by atoms with van der Waals surface area (Å²) < 4.78 is 11.3. The van der Waals surface area contributed by atoms with Gasteiger partial charge in [-0.05, 0) is 13.0 Å². The highest BCUT2D eigenvalue weighted by molar-refractivity contribution is 4.72. The van der Waals surface area contributed by atoms with E-state index >= 15 is 0 Å². The highest BCUT2D eigenvalue weighted by atomic mass is 16.7. The quantitative estimate of drug-likeness (QED) is 0.376. The zero-order valence-electron chi connectivity index (χ0n) is 16.2. The summed E-state index contributed by atoms with van der Waals surface area (Å²) >= 11 is 0. The van der Waals surface area contributed by atoms with E-state index in [0.717, 1.165) is 65.6 Å². The maximum atomic E-state index is 5.63. The number of nitrogens with zero attached hydrogens (tertiary/aromatic N) is 4. The van der Waals surface area contributed by atoms with Gasteiger partial charge in [0.15, 0.2) is 0 Å². The Morgan fingerprint density at radius 3 is 1.44 bits per heavy atom. The van der Waals surface area contributed by atoms with Crippen molar-refractivity contribution in [1.82, 2.24) is 19.6 Å². The van der Waals surface area contributed by atoms with E-state index in [1.807, 2.05) is 0 Å². The van der Waals surface area contributed by atoms with Gasteiger partial charge in [0, 0.05) is 78.5 Å². The van der Waals surface area contributed by atoms with Crippen LogP contribution in [0.3, 0.4) is 0 Å². The van der Waals surface area contributed by atoms with Gasteiger partial charge in [0.25, 0.3) is 0 Å². The van der Waals surface area contributed by atoms with E-state index in [4.69, 9.17) is 15.2 Å². The van der Waals surface area contributed by atoms with Crippen LogP contribution >= 0.6 is 0 Å². The normalized spacial score (nSPS) is 21.8. The summed E-state index contributed by atoms with van der Waals surface area (Å²) in [5.74, 6) is 0. The Labute approximate surface area is 154 Å². The minimum Gasteiger partial charge on any atom is -0.354 e. The molecule has 0 unspecified atom stereocenters. The van der Waals surface area contributed by atoms with Crippen molar-refractivity contribution in [2.75, 3.05) is 105 Å². The third-order valence-electron chi connectivity index (χ3n) is 5.19. The van der Waals surface area contributed by atoms with Gasteiger partial charge in [0.1, 0.15) is 6.79 Å². The second-order valence-corrected chi connectivity index (χ2v) is 7.09. The van der Waals surface area contributed by atoms with Crippen LogP contribution in [0, 0.1) is 0 Å². The fraction of sp³-hybridized carbons (Fsp3) is 1.00. The lowest BCUT2D eigenvalue weighted by molar-refractivity contribution is -0.0657. The molecule has 7 heteroatoms. The number of hydrogen-bond donors (Lipinski definition) is 1. The van der Waals surface area contributed by atoms with Gasteiger partial charge in [-0.1, -0.05) is 6.92 Å². The highest BCUT2D eigenvalue weighted by Gasteiger charge is 2.16.